The number of hydrogen-bond donors (Lipinski definition) is 1. The number of halogens is 3. The molecule has 0 spiro atoms. The van der Waals surface area contributed by atoms with E-state index in [0.717, 1.165) is 6.07 Å². The lowest BCUT2D eigenvalue weighted by Crippen LogP contribution is -2.15. The average Bonchev–Trinajstić information content (AvgIpc) is 2.27. The molecule has 2 aromatic rings. The molecule has 0 bridgehead atoms. The van der Waals surface area contributed by atoms with E-state index in [1.165, 1.54) is 30.3 Å². The van der Waals surface area contributed by atoms with Gasteiger partial charge in [-0.05, 0) is 24.3 Å². The molecule has 19 heavy (non-hydrogen) atoms. The molecule has 1 heterocycles. The molecule has 0 aliphatic carbocycles. The minimum Gasteiger partial charge on any atom is -0.263 e. The number of anilines is 1. The summed E-state index contributed by atoms with van der Waals surface area (Å²) in [5.74, 6) is -0.957. The van der Waals surface area contributed by atoms with Crippen LogP contribution in [0.3, 0.4) is 0 Å². The standard InChI is InChI=1S/C11H7Cl2FN2O2S/c12-7-3-1-4-8(13)11(7)19(17,18)16-10-6-2-5-9(14)15-10/h1-6H,(H,15,16). The monoisotopic (exact) mass is 320 g/mol. The van der Waals surface area contributed by atoms with Gasteiger partial charge < -0.3 is 0 Å². The van der Waals surface area contributed by atoms with Gasteiger partial charge in [-0.1, -0.05) is 35.3 Å². The maximum absolute atomic E-state index is 12.9. The van der Waals surface area contributed by atoms with E-state index in [2.05, 4.69) is 9.71 Å². The minimum atomic E-state index is -4.03. The molecule has 1 aromatic carbocycles. The number of hydrogen-bond acceptors (Lipinski definition) is 3. The van der Waals surface area contributed by atoms with Crippen molar-refractivity contribution in [2.75, 3.05) is 4.72 Å². The van der Waals surface area contributed by atoms with Crippen molar-refractivity contribution >= 4 is 39.0 Å². The van der Waals surface area contributed by atoms with Crippen molar-refractivity contribution in [2.24, 2.45) is 0 Å². The molecule has 0 aliphatic rings. The second-order valence-electron chi connectivity index (χ2n) is 3.50. The van der Waals surface area contributed by atoms with Crippen LogP contribution in [-0.2, 0) is 10.0 Å². The van der Waals surface area contributed by atoms with Gasteiger partial charge in [-0.2, -0.15) is 4.39 Å². The Morgan fingerprint density at radius 1 is 1.05 bits per heavy atom. The van der Waals surface area contributed by atoms with Crippen molar-refractivity contribution in [3.8, 4) is 0 Å². The van der Waals surface area contributed by atoms with E-state index in [1.807, 2.05) is 0 Å². The highest BCUT2D eigenvalue weighted by molar-refractivity contribution is 7.93. The minimum absolute atomic E-state index is 0.0311. The zero-order chi connectivity index (χ0) is 14.0. The Balaban J connectivity index is 2.44. The first-order valence-electron chi connectivity index (χ1n) is 4.99. The normalized spacial score (nSPS) is 11.3. The fourth-order valence-electron chi connectivity index (χ4n) is 1.39. The van der Waals surface area contributed by atoms with Crippen LogP contribution < -0.4 is 4.72 Å². The second-order valence-corrected chi connectivity index (χ2v) is 5.94. The molecule has 2 rings (SSSR count). The molecular weight excluding hydrogens is 314 g/mol. The Labute approximate surface area is 119 Å². The predicted molar refractivity (Wildman–Crippen MR) is 71.5 cm³/mol. The molecule has 100 valence electrons. The van der Waals surface area contributed by atoms with Crippen LogP contribution in [0.5, 0.6) is 0 Å². The van der Waals surface area contributed by atoms with Crippen LogP contribution in [0.1, 0.15) is 0 Å². The van der Waals surface area contributed by atoms with Crippen molar-refractivity contribution < 1.29 is 12.8 Å². The van der Waals surface area contributed by atoms with E-state index in [1.54, 1.807) is 0 Å². The number of aromatic nitrogens is 1. The first-order valence-corrected chi connectivity index (χ1v) is 7.23. The Morgan fingerprint density at radius 2 is 1.63 bits per heavy atom. The van der Waals surface area contributed by atoms with Gasteiger partial charge in [0.05, 0.1) is 10.0 Å². The number of pyridine rings is 1. The molecule has 0 amide bonds. The summed E-state index contributed by atoms with van der Waals surface area (Å²) in [6.07, 6.45) is 0. The molecule has 4 nitrogen and oxygen atoms in total. The summed E-state index contributed by atoms with van der Waals surface area (Å²) >= 11 is 11.6. The Morgan fingerprint density at radius 3 is 2.21 bits per heavy atom. The summed E-state index contributed by atoms with van der Waals surface area (Å²) in [5.41, 5.74) is 0. The van der Waals surface area contributed by atoms with Gasteiger partial charge in [0.25, 0.3) is 10.0 Å². The maximum Gasteiger partial charge on any atom is 0.266 e. The quantitative estimate of drug-likeness (QED) is 0.882. The molecule has 0 unspecified atom stereocenters. The Bertz CT molecular complexity index is 702. The number of benzene rings is 1. The number of sulfonamides is 1. The third-order valence-corrected chi connectivity index (χ3v) is 4.45. The van der Waals surface area contributed by atoms with E-state index in [0.29, 0.717) is 0 Å². The van der Waals surface area contributed by atoms with E-state index >= 15 is 0 Å². The molecule has 1 N–H and O–H groups in total. The third-order valence-electron chi connectivity index (χ3n) is 2.14. The Hall–Kier alpha value is -1.37. The van der Waals surface area contributed by atoms with Crippen LogP contribution in [0.2, 0.25) is 10.0 Å². The van der Waals surface area contributed by atoms with Crippen LogP contribution in [0.15, 0.2) is 41.3 Å². The molecule has 0 saturated carbocycles. The van der Waals surface area contributed by atoms with Crippen molar-refractivity contribution in [1.82, 2.24) is 4.98 Å². The average molecular weight is 321 g/mol. The molecule has 1 aromatic heterocycles. The highest BCUT2D eigenvalue weighted by Gasteiger charge is 2.22. The van der Waals surface area contributed by atoms with Crippen LogP contribution in [0.25, 0.3) is 0 Å². The first kappa shape index (κ1) is 14.0. The van der Waals surface area contributed by atoms with Gasteiger partial charge in [0.1, 0.15) is 10.7 Å². The van der Waals surface area contributed by atoms with E-state index in [-0.39, 0.29) is 20.8 Å². The van der Waals surface area contributed by atoms with Crippen molar-refractivity contribution in [1.29, 1.82) is 0 Å². The smallest absolute Gasteiger partial charge is 0.263 e. The maximum atomic E-state index is 12.9. The summed E-state index contributed by atoms with van der Waals surface area (Å²) < 4.78 is 39.2. The first-order chi connectivity index (χ1) is 8.90. The van der Waals surface area contributed by atoms with Crippen LogP contribution in [-0.4, -0.2) is 13.4 Å². The number of rotatable bonds is 3. The highest BCUT2D eigenvalue weighted by atomic mass is 35.5. The topological polar surface area (TPSA) is 59.1 Å². The van der Waals surface area contributed by atoms with Gasteiger partial charge in [0.2, 0.25) is 5.95 Å². The van der Waals surface area contributed by atoms with Gasteiger partial charge >= 0.3 is 0 Å². The largest absolute Gasteiger partial charge is 0.266 e. The van der Waals surface area contributed by atoms with Crippen LogP contribution in [0, 0.1) is 5.95 Å². The van der Waals surface area contributed by atoms with E-state index < -0.39 is 16.0 Å². The van der Waals surface area contributed by atoms with Crippen molar-refractivity contribution in [3.05, 3.63) is 52.4 Å². The second kappa shape index (κ2) is 5.32. The van der Waals surface area contributed by atoms with Gasteiger partial charge in [-0.15, -0.1) is 0 Å². The van der Waals surface area contributed by atoms with Crippen LogP contribution >= 0.6 is 23.2 Å². The molecule has 0 radical (unpaired) electrons. The zero-order valence-electron chi connectivity index (χ0n) is 9.27. The highest BCUT2D eigenvalue weighted by Crippen LogP contribution is 2.30. The lowest BCUT2D eigenvalue weighted by atomic mass is 10.4. The number of nitrogens with one attached hydrogen (secondary N) is 1. The summed E-state index contributed by atoms with van der Waals surface area (Å²) in [6.45, 7) is 0. The summed E-state index contributed by atoms with van der Waals surface area (Å²) in [4.78, 5) is 3.13. The molecule has 0 aliphatic heterocycles. The molecule has 8 heteroatoms. The predicted octanol–water partition coefficient (Wildman–Crippen LogP) is 3.33. The van der Waals surface area contributed by atoms with Crippen LogP contribution in [0.4, 0.5) is 10.2 Å². The SMILES string of the molecule is O=S(=O)(Nc1cccc(F)n1)c1c(Cl)cccc1Cl. The van der Waals surface area contributed by atoms with Crippen molar-refractivity contribution in [2.45, 2.75) is 4.90 Å². The zero-order valence-corrected chi connectivity index (χ0v) is 11.6. The summed E-state index contributed by atoms with van der Waals surface area (Å²) in [5, 5.41) is -0.0622. The van der Waals surface area contributed by atoms with E-state index in [9.17, 15) is 12.8 Å². The summed E-state index contributed by atoms with van der Waals surface area (Å²) in [6, 6.07) is 8.03. The van der Waals surface area contributed by atoms with E-state index in [4.69, 9.17) is 23.2 Å². The van der Waals surface area contributed by atoms with Gasteiger partial charge in [-0.25, -0.2) is 13.4 Å². The molecular formula is C11H7Cl2FN2O2S. The van der Waals surface area contributed by atoms with Gasteiger partial charge in [0, 0.05) is 0 Å². The Kier molecular flexibility index (Phi) is 3.93. The lowest BCUT2D eigenvalue weighted by molar-refractivity contribution is 0.584. The number of nitrogens with zero attached hydrogens (tertiary/aromatic N) is 1. The lowest BCUT2D eigenvalue weighted by Gasteiger charge is -2.10. The fourth-order valence-corrected chi connectivity index (χ4v) is 3.54. The van der Waals surface area contributed by atoms with Gasteiger partial charge in [-0.3, -0.25) is 4.72 Å². The molecule has 0 atom stereocenters. The molecule has 0 saturated heterocycles. The fraction of sp³-hybridized carbons (Fsp3) is 0. The third kappa shape index (κ3) is 3.15. The summed E-state index contributed by atoms with van der Waals surface area (Å²) in [7, 11) is -4.03. The van der Waals surface area contributed by atoms with Crippen molar-refractivity contribution in [3.63, 3.8) is 0 Å². The van der Waals surface area contributed by atoms with Gasteiger partial charge in [0.15, 0.2) is 0 Å². The molecule has 0 fully saturated rings.